The van der Waals surface area contributed by atoms with E-state index in [1.54, 1.807) is 24.0 Å². The van der Waals surface area contributed by atoms with E-state index in [1.807, 2.05) is 9.03 Å². The number of rotatable bonds is 4. The Morgan fingerprint density at radius 2 is 1.74 bits per heavy atom. The van der Waals surface area contributed by atoms with E-state index in [4.69, 9.17) is 4.98 Å². The molecule has 1 atom stereocenters. The highest BCUT2D eigenvalue weighted by Gasteiger charge is 2.30. The van der Waals surface area contributed by atoms with Crippen LogP contribution in [-0.4, -0.2) is 64.4 Å². The van der Waals surface area contributed by atoms with Crippen molar-refractivity contribution in [3.63, 3.8) is 0 Å². The van der Waals surface area contributed by atoms with E-state index >= 15 is 0 Å². The summed E-state index contributed by atoms with van der Waals surface area (Å²) < 4.78 is 6.16. The van der Waals surface area contributed by atoms with Crippen molar-refractivity contribution in [2.45, 2.75) is 53.5 Å². The smallest absolute Gasteiger partial charge is 0.188 e. The minimum absolute atomic E-state index is 0.252. The number of pyridine rings is 2. The maximum atomic E-state index is 5.35. The van der Waals surface area contributed by atoms with Crippen LogP contribution in [0.5, 0.6) is 0 Å². The molecule has 6 aromatic rings. The van der Waals surface area contributed by atoms with Gasteiger partial charge in [0.25, 0.3) is 0 Å². The Hall–Kier alpha value is -3.83. The van der Waals surface area contributed by atoms with Gasteiger partial charge >= 0.3 is 0 Å². The van der Waals surface area contributed by atoms with Crippen molar-refractivity contribution in [3.05, 3.63) is 53.4 Å². The average Bonchev–Trinajstić information content (AvgIpc) is 3.69. The van der Waals surface area contributed by atoms with Crippen LogP contribution in [0.2, 0.25) is 0 Å². The molecule has 6 aromatic heterocycles. The third-order valence-electron chi connectivity index (χ3n) is 8.03. The number of nitrogens with one attached hydrogen (secondary N) is 1. The Balaban J connectivity index is 1.59. The molecule has 1 N–H and O–H groups in total. The molecule has 1 unspecified atom stereocenters. The quantitative estimate of drug-likeness (QED) is 0.347. The molecule has 0 aromatic carbocycles. The molecular weight excluding hydrogens is 508 g/mol. The molecule has 1 saturated heterocycles. The maximum Gasteiger partial charge on any atom is 0.188 e. The summed E-state index contributed by atoms with van der Waals surface area (Å²) in [6.07, 6.45) is 7.43. The fourth-order valence-electron chi connectivity index (χ4n) is 5.91. The van der Waals surface area contributed by atoms with Gasteiger partial charge in [-0.05, 0) is 56.4 Å². The van der Waals surface area contributed by atoms with Crippen LogP contribution in [0.4, 0.5) is 5.13 Å². The molecule has 1 fully saturated rings. The van der Waals surface area contributed by atoms with E-state index in [2.05, 4.69) is 95.0 Å². The fourth-order valence-corrected chi connectivity index (χ4v) is 7.14. The first kappa shape index (κ1) is 24.2. The lowest BCUT2D eigenvalue weighted by Gasteiger charge is -2.33. The normalized spacial score (nSPS) is 16.5. The molecule has 1 aliphatic heterocycles. The number of thiazole rings is 1. The first-order chi connectivity index (χ1) is 18.8. The molecule has 200 valence electrons. The lowest BCUT2D eigenvalue weighted by Crippen LogP contribution is -2.49. The van der Waals surface area contributed by atoms with Crippen molar-refractivity contribution in [3.8, 4) is 16.9 Å². The van der Waals surface area contributed by atoms with E-state index in [-0.39, 0.29) is 5.92 Å². The second-order valence-electron chi connectivity index (χ2n) is 10.9. The van der Waals surface area contributed by atoms with Crippen LogP contribution < -0.4 is 10.2 Å². The largest absolute Gasteiger partial charge is 0.343 e. The van der Waals surface area contributed by atoms with Gasteiger partial charge in [0.2, 0.25) is 0 Å². The SMILES string of the molecule is Cc1c(-n2c(-c3cc(C)c4ncnn4c3)c(C(C)C)c3nc(N4CCNCC4C)sc32)cn2ncnc2c1C. The van der Waals surface area contributed by atoms with Gasteiger partial charge < -0.3 is 10.2 Å². The molecule has 0 radical (unpaired) electrons. The van der Waals surface area contributed by atoms with E-state index in [0.29, 0.717) is 6.04 Å². The van der Waals surface area contributed by atoms with Crippen molar-refractivity contribution in [2.24, 2.45) is 0 Å². The molecule has 10 nitrogen and oxygen atoms in total. The zero-order valence-corrected chi connectivity index (χ0v) is 23.9. The number of hydrogen-bond acceptors (Lipinski definition) is 8. The second-order valence-corrected chi connectivity index (χ2v) is 11.8. The van der Waals surface area contributed by atoms with Crippen LogP contribution in [0.25, 0.3) is 38.6 Å². The minimum Gasteiger partial charge on any atom is -0.343 e. The molecular formula is C28H32N10S. The lowest BCUT2D eigenvalue weighted by atomic mass is 9.98. The Morgan fingerprint density at radius 1 is 1.00 bits per heavy atom. The van der Waals surface area contributed by atoms with Crippen molar-refractivity contribution in [1.82, 2.24) is 44.1 Å². The maximum absolute atomic E-state index is 5.35. The van der Waals surface area contributed by atoms with Crippen LogP contribution in [-0.2, 0) is 0 Å². The second kappa shape index (κ2) is 8.85. The monoisotopic (exact) mass is 540 g/mol. The van der Waals surface area contributed by atoms with Gasteiger partial charge in [0.15, 0.2) is 16.4 Å². The Morgan fingerprint density at radius 3 is 2.49 bits per heavy atom. The number of fused-ring (bicyclic) bond motifs is 3. The molecule has 39 heavy (non-hydrogen) atoms. The predicted molar refractivity (Wildman–Crippen MR) is 155 cm³/mol. The molecule has 1 aliphatic rings. The summed E-state index contributed by atoms with van der Waals surface area (Å²) in [6.45, 7) is 16.1. The molecule has 0 spiro atoms. The third kappa shape index (κ3) is 3.60. The zero-order valence-electron chi connectivity index (χ0n) is 23.1. The Bertz CT molecular complexity index is 1870. The lowest BCUT2D eigenvalue weighted by molar-refractivity contribution is 0.500. The minimum atomic E-state index is 0.252. The van der Waals surface area contributed by atoms with Crippen LogP contribution in [0.3, 0.4) is 0 Å². The van der Waals surface area contributed by atoms with E-state index in [1.165, 1.54) is 11.1 Å². The van der Waals surface area contributed by atoms with Crippen LogP contribution in [0.1, 0.15) is 48.9 Å². The fraction of sp³-hybridized carbons (Fsp3) is 0.393. The topological polar surface area (TPSA) is 93.5 Å². The summed E-state index contributed by atoms with van der Waals surface area (Å²) in [4.78, 5) is 17.9. The van der Waals surface area contributed by atoms with Gasteiger partial charge in [0, 0.05) is 43.0 Å². The van der Waals surface area contributed by atoms with Crippen molar-refractivity contribution >= 4 is 38.1 Å². The summed E-state index contributed by atoms with van der Waals surface area (Å²) in [7, 11) is 0. The molecule has 7 rings (SSSR count). The molecule has 11 heteroatoms. The number of piperazine rings is 1. The molecule has 7 heterocycles. The number of nitrogens with zero attached hydrogens (tertiary/aromatic N) is 9. The van der Waals surface area contributed by atoms with Gasteiger partial charge in [0.05, 0.1) is 17.6 Å². The number of hydrogen-bond donors (Lipinski definition) is 1. The number of aromatic nitrogens is 8. The first-order valence-corrected chi connectivity index (χ1v) is 14.3. The van der Waals surface area contributed by atoms with Gasteiger partial charge in [-0.25, -0.2) is 24.0 Å². The molecule has 0 saturated carbocycles. The van der Waals surface area contributed by atoms with Gasteiger partial charge in [0.1, 0.15) is 23.0 Å². The molecule has 0 amide bonds. The standard InChI is InChI=1S/C28H32N10S/c1-15(2)22-23-27(39-28(34-23)35-8-7-29-10-17(35)4)38(21-12-37-26(31-14-33-37)19(6)18(21)5)24(22)20-9-16(3)25-30-13-32-36(25)11-20/h9,11-15,17,29H,7-8,10H2,1-6H3. The van der Waals surface area contributed by atoms with E-state index in [0.717, 1.165) is 74.5 Å². The Kier molecular flexibility index (Phi) is 5.50. The zero-order chi connectivity index (χ0) is 27.0. The number of anilines is 1. The van der Waals surface area contributed by atoms with Crippen molar-refractivity contribution in [1.29, 1.82) is 0 Å². The van der Waals surface area contributed by atoms with Gasteiger partial charge in [-0.3, -0.25) is 4.57 Å². The van der Waals surface area contributed by atoms with Crippen LogP contribution in [0.15, 0.2) is 31.1 Å². The highest BCUT2D eigenvalue weighted by atomic mass is 32.1. The highest BCUT2D eigenvalue weighted by molar-refractivity contribution is 7.22. The molecule has 0 aliphatic carbocycles. The van der Waals surface area contributed by atoms with Crippen LogP contribution in [0, 0.1) is 20.8 Å². The predicted octanol–water partition coefficient (Wildman–Crippen LogP) is 4.69. The summed E-state index contributed by atoms with van der Waals surface area (Å²) in [5.74, 6) is 0.252. The summed E-state index contributed by atoms with van der Waals surface area (Å²) in [5.41, 5.74) is 10.7. The highest BCUT2D eigenvalue weighted by Crippen LogP contribution is 2.45. The number of aryl methyl sites for hydroxylation is 2. The first-order valence-electron chi connectivity index (χ1n) is 13.5. The van der Waals surface area contributed by atoms with Gasteiger partial charge in [-0.15, -0.1) is 0 Å². The van der Waals surface area contributed by atoms with Crippen molar-refractivity contribution in [2.75, 3.05) is 24.5 Å². The van der Waals surface area contributed by atoms with Gasteiger partial charge in [-0.1, -0.05) is 25.2 Å². The summed E-state index contributed by atoms with van der Waals surface area (Å²) in [5, 5.41) is 13.6. The van der Waals surface area contributed by atoms with Gasteiger partial charge in [-0.2, -0.15) is 10.2 Å². The van der Waals surface area contributed by atoms with Crippen molar-refractivity contribution < 1.29 is 0 Å². The average molecular weight is 541 g/mol. The van der Waals surface area contributed by atoms with E-state index < -0.39 is 0 Å². The Labute approximate surface area is 230 Å². The van der Waals surface area contributed by atoms with Crippen LogP contribution >= 0.6 is 11.3 Å². The van der Waals surface area contributed by atoms with E-state index in [9.17, 15) is 0 Å². The molecule has 0 bridgehead atoms. The third-order valence-corrected chi connectivity index (χ3v) is 9.11. The summed E-state index contributed by atoms with van der Waals surface area (Å²) >= 11 is 1.78. The summed E-state index contributed by atoms with van der Waals surface area (Å²) in [6, 6.07) is 2.61.